The number of oxazole rings is 1. The number of likely N-dealkylation sites (N-methyl/N-ethyl adjacent to an activating group) is 1. The zero-order valence-electron chi connectivity index (χ0n) is 12.5. The summed E-state index contributed by atoms with van der Waals surface area (Å²) in [6, 6.07) is 8.08. The van der Waals surface area contributed by atoms with Gasteiger partial charge in [0, 0.05) is 31.5 Å². The average molecular weight is 287 g/mol. The molecule has 0 saturated carbocycles. The van der Waals surface area contributed by atoms with Crippen LogP contribution >= 0.6 is 0 Å². The number of hydrogen-bond acceptors (Lipinski definition) is 4. The van der Waals surface area contributed by atoms with Crippen molar-refractivity contribution in [1.29, 1.82) is 0 Å². The highest BCUT2D eigenvalue weighted by Crippen LogP contribution is 2.21. The predicted molar refractivity (Wildman–Crippen MR) is 81.9 cm³/mol. The van der Waals surface area contributed by atoms with Gasteiger partial charge in [-0.2, -0.15) is 0 Å². The van der Waals surface area contributed by atoms with E-state index in [2.05, 4.69) is 15.6 Å². The van der Waals surface area contributed by atoms with Crippen LogP contribution in [0, 0.1) is 6.92 Å². The number of nitrogens with one attached hydrogen (secondary N) is 2. The Kier molecular flexibility index (Phi) is 5.51. The quantitative estimate of drug-likeness (QED) is 0.764. The smallest absolute Gasteiger partial charge is 0.220 e. The fraction of sp³-hybridized carbons (Fsp3) is 0.375. The molecule has 2 aromatic rings. The van der Waals surface area contributed by atoms with E-state index in [0.29, 0.717) is 25.3 Å². The fourth-order valence-corrected chi connectivity index (χ4v) is 1.91. The third-order valence-corrected chi connectivity index (χ3v) is 3.15. The first-order valence-corrected chi connectivity index (χ1v) is 7.12. The minimum absolute atomic E-state index is 0.0142. The number of carbonyl (C=O) groups is 1. The molecule has 5 nitrogen and oxygen atoms in total. The van der Waals surface area contributed by atoms with E-state index < -0.39 is 0 Å². The van der Waals surface area contributed by atoms with Crippen LogP contribution in [0.4, 0.5) is 0 Å². The molecule has 2 N–H and O–H groups in total. The van der Waals surface area contributed by atoms with Gasteiger partial charge in [0.1, 0.15) is 0 Å². The van der Waals surface area contributed by atoms with Crippen LogP contribution < -0.4 is 10.6 Å². The summed E-state index contributed by atoms with van der Waals surface area (Å²) in [6.45, 7) is 3.44. The van der Waals surface area contributed by atoms with E-state index in [1.54, 1.807) is 6.20 Å². The number of hydrogen-bond donors (Lipinski definition) is 2. The predicted octanol–water partition coefficient (Wildman–Crippen LogP) is 1.92. The Morgan fingerprint density at radius 2 is 2.00 bits per heavy atom. The largest absolute Gasteiger partial charge is 0.441 e. The maximum Gasteiger partial charge on any atom is 0.220 e. The molecular weight excluding hydrogens is 266 g/mol. The summed E-state index contributed by atoms with van der Waals surface area (Å²) >= 11 is 0. The molecule has 0 spiro atoms. The molecule has 112 valence electrons. The highest BCUT2D eigenvalue weighted by molar-refractivity contribution is 5.76. The Morgan fingerprint density at radius 1 is 1.24 bits per heavy atom. The van der Waals surface area contributed by atoms with Gasteiger partial charge in [-0.05, 0) is 14.0 Å². The lowest BCUT2D eigenvalue weighted by Gasteiger charge is -2.03. The van der Waals surface area contributed by atoms with E-state index >= 15 is 0 Å². The molecule has 0 aliphatic rings. The Labute approximate surface area is 124 Å². The Hall–Kier alpha value is -2.14. The molecule has 0 aliphatic heterocycles. The van der Waals surface area contributed by atoms with E-state index in [9.17, 15) is 4.79 Å². The van der Waals surface area contributed by atoms with Crippen molar-refractivity contribution in [2.24, 2.45) is 0 Å². The summed E-state index contributed by atoms with van der Waals surface area (Å²) in [5, 5.41) is 5.80. The highest BCUT2D eigenvalue weighted by atomic mass is 16.4. The molecular formula is C16H21N3O2. The van der Waals surface area contributed by atoms with Crippen molar-refractivity contribution in [3.05, 3.63) is 41.9 Å². The second-order valence-corrected chi connectivity index (χ2v) is 4.94. The van der Waals surface area contributed by atoms with Crippen molar-refractivity contribution in [2.75, 3.05) is 20.1 Å². The van der Waals surface area contributed by atoms with Crippen LogP contribution in [0.1, 0.15) is 17.9 Å². The lowest BCUT2D eigenvalue weighted by Crippen LogP contribution is -2.30. The monoisotopic (exact) mass is 287 g/mol. The molecule has 21 heavy (non-hydrogen) atoms. The summed E-state index contributed by atoms with van der Waals surface area (Å²) in [6.07, 6.45) is 2.60. The van der Waals surface area contributed by atoms with E-state index in [1.165, 1.54) is 5.56 Å². The van der Waals surface area contributed by atoms with Gasteiger partial charge < -0.3 is 15.1 Å². The fourth-order valence-electron chi connectivity index (χ4n) is 1.91. The third kappa shape index (κ3) is 4.72. The van der Waals surface area contributed by atoms with Gasteiger partial charge in [0.05, 0.1) is 6.20 Å². The summed E-state index contributed by atoms with van der Waals surface area (Å²) in [7, 11) is 1.85. The van der Waals surface area contributed by atoms with Crippen LogP contribution in [-0.2, 0) is 11.2 Å². The topological polar surface area (TPSA) is 67.2 Å². The zero-order chi connectivity index (χ0) is 15.1. The van der Waals surface area contributed by atoms with E-state index in [0.717, 1.165) is 17.9 Å². The molecule has 0 bridgehead atoms. The number of aryl methyl sites for hydroxylation is 2. The second kappa shape index (κ2) is 7.59. The summed E-state index contributed by atoms with van der Waals surface area (Å²) in [5.41, 5.74) is 2.20. The standard InChI is InChI=1S/C16H21N3O2/c1-12-3-5-13(6-4-12)14-11-19-16(21-14)8-7-15(20)18-10-9-17-2/h3-6,11,17H,7-10H2,1-2H3,(H,18,20). The first-order chi connectivity index (χ1) is 10.2. The first-order valence-electron chi connectivity index (χ1n) is 7.12. The zero-order valence-corrected chi connectivity index (χ0v) is 12.5. The minimum Gasteiger partial charge on any atom is -0.441 e. The molecule has 1 aromatic heterocycles. The molecule has 0 saturated heterocycles. The Balaban J connectivity index is 1.86. The first kappa shape index (κ1) is 15.3. The number of nitrogens with zero attached hydrogens (tertiary/aromatic N) is 1. The molecule has 1 amide bonds. The minimum atomic E-state index is 0.0142. The normalized spacial score (nSPS) is 10.6. The van der Waals surface area contributed by atoms with Gasteiger partial charge in [-0.3, -0.25) is 4.79 Å². The molecule has 0 unspecified atom stereocenters. The van der Waals surface area contributed by atoms with Crippen LogP contribution in [0.25, 0.3) is 11.3 Å². The average Bonchev–Trinajstić information content (AvgIpc) is 2.95. The van der Waals surface area contributed by atoms with Crippen LogP contribution in [0.15, 0.2) is 34.9 Å². The van der Waals surface area contributed by atoms with Gasteiger partial charge >= 0.3 is 0 Å². The summed E-state index contributed by atoms with van der Waals surface area (Å²) in [5.74, 6) is 1.34. The van der Waals surface area contributed by atoms with Crippen molar-refractivity contribution in [3.63, 3.8) is 0 Å². The Morgan fingerprint density at radius 3 is 2.71 bits per heavy atom. The van der Waals surface area contributed by atoms with Crippen molar-refractivity contribution < 1.29 is 9.21 Å². The maximum atomic E-state index is 11.6. The molecule has 0 radical (unpaired) electrons. The van der Waals surface area contributed by atoms with Gasteiger partial charge in [0.2, 0.25) is 5.91 Å². The highest BCUT2D eigenvalue weighted by Gasteiger charge is 2.08. The molecule has 5 heteroatoms. The molecule has 0 atom stereocenters. The molecule has 1 heterocycles. The number of amides is 1. The number of aromatic nitrogens is 1. The maximum absolute atomic E-state index is 11.6. The van der Waals surface area contributed by atoms with Crippen molar-refractivity contribution in [3.8, 4) is 11.3 Å². The molecule has 0 fully saturated rings. The SMILES string of the molecule is CNCCNC(=O)CCc1ncc(-c2ccc(C)cc2)o1. The van der Waals surface area contributed by atoms with Gasteiger partial charge in [0.25, 0.3) is 0 Å². The van der Waals surface area contributed by atoms with E-state index in [4.69, 9.17) is 4.42 Å². The van der Waals surface area contributed by atoms with Gasteiger partial charge in [-0.25, -0.2) is 4.98 Å². The molecule has 1 aromatic carbocycles. The van der Waals surface area contributed by atoms with Crippen LogP contribution in [0.5, 0.6) is 0 Å². The van der Waals surface area contributed by atoms with Crippen LogP contribution in [0.2, 0.25) is 0 Å². The molecule has 2 rings (SSSR count). The van der Waals surface area contributed by atoms with Crippen molar-refractivity contribution in [2.45, 2.75) is 19.8 Å². The lowest BCUT2D eigenvalue weighted by molar-refractivity contribution is -0.121. The third-order valence-electron chi connectivity index (χ3n) is 3.15. The molecule has 0 aliphatic carbocycles. The van der Waals surface area contributed by atoms with E-state index in [1.807, 2.05) is 38.2 Å². The van der Waals surface area contributed by atoms with Crippen molar-refractivity contribution in [1.82, 2.24) is 15.6 Å². The summed E-state index contributed by atoms with van der Waals surface area (Å²) in [4.78, 5) is 15.8. The van der Waals surface area contributed by atoms with Gasteiger partial charge in [-0.1, -0.05) is 29.8 Å². The van der Waals surface area contributed by atoms with Crippen molar-refractivity contribution >= 4 is 5.91 Å². The second-order valence-electron chi connectivity index (χ2n) is 4.94. The number of benzene rings is 1. The number of rotatable bonds is 7. The van der Waals surface area contributed by atoms with Crippen LogP contribution in [-0.4, -0.2) is 31.0 Å². The summed E-state index contributed by atoms with van der Waals surface area (Å²) < 4.78 is 5.68. The van der Waals surface area contributed by atoms with E-state index in [-0.39, 0.29) is 5.91 Å². The van der Waals surface area contributed by atoms with Crippen LogP contribution in [0.3, 0.4) is 0 Å². The lowest BCUT2D eigenvalue weighted by atomic mass is 10.1. The Bertz CT molecular complexity index is 575. The number of carbonyl (C=O) groups excluding carboxylic acids is 1. The van der Waals surface area contributed by atoms with Gasteiger partial charge in [0.15, 0.2) is 11.7 Å². The van der Waals surface area contributed by atoms with Gasteiger partial charge in [-0.15, -0.1) is 0 Å².